The Balaban J connectivity index is 0. The van der Waals surface area contributed by atoms with Gasteiger partial charge >= 0.3 is 0 Å². The maximum absolute atomic E-state index is 11.6. The highest BCUT2D eigenvalue weighted by atomic mass is 127. The average molecular weight is 493 g/mol. The Hall–Kier alpha value is -0.170. The van der Waals surface area contributed by atoms with Crippen molar-refractivity contribution in [3.05, 3.63) is 0 Å². The average Bonchev–Trinajstić information content (AvgIpc) is 2.56. The lowest BCUT2D eigenvalue weighted by Gasteiger charge is -2.19. The molecule has 0 rings (SSSR count). The molecule has 0 aromatic carbocycles. The van der Waals surface area contributed by atoms with E-state index in [0.29, 0.717) is 13.1 Å². The number of methoxy groups -OCH3 is 1. The molecule has 2 N–H and O–H groups in total. The Bertz CT molecular complexity index is 448. The van der Waals surface area contributed by atoms with Crippen LogP contribution in [-0.4, -0.2) is 96.9 Å². The van der Waals surface area contributed by atoms with Crippen LogP contribution in [0.4, 0.5) is 0 Å². The van der Waals surface area contributed by atoms with Crippen molar-refractivity contribution >= 4 is 40.0 Å². The van der Waals surface area contributed by atoms with E-state index in [1.54, 1.807) is 28.1 Å². The predicted octanol–water partition coefficient (Wildman–Crippen LogP) is 0.409. The van der Waals surface area contributed by atoms with E-state index in [9.17, 15) is 8.42 Å². The number of halogens is 1. The molecule has 0 aliphatic rings. The number of nitrogens with zero attached hydrogens (tertiary/aromatic N) is 3. The summed E-state index contributed by atoms with van der Waals surface area (Å²) in [4.78, 5) is 6.41. The molecule has 0 heterocycles. The summed E-state index contributed by atoms with van der Waals surface area (Å²) in [5, 5.41) is 6.45. The second kappa shape index (κ2) is 16.0. The van der Waals surface area contributed by atoms with Crippen molar-refractivity contribution in [1.82, 2.24) is 19.8 Å². The van der Waals surface area contributed by atoms with Crippen LogP contribution >= 0.6 is 24.0 Å². The highest BCUT2D eigenvalue weighted by molar-refractivity contribution is 14.0. The highest BCUT2D eigenvalue weighted by Gasteiger charge is 2.13. The van der Waals surface area contributed by atoms with Gasteiger partial charge in [-0.25, -0.2) is 12.7 Å². The largest absolute Gasteiger partial charge is 0.385 e. The van der Waals surface area contributed by atoms with Crippen LogP contribution in [0.2, 0.25) is 0 Å². The topological polar surface area (TPSA) is 86.3 Å². The molecule has 10 heteroatoms. The highest BCUT2D eigenvalue weighted by Crippen LogP contribution is 1.98. The summed E-state index contributed by atoms with van der Waals surface area (Å²) < 4.78 is 29.7. The zero-order valence-corrected chi connectivity index (χ0v) is 19.4. The monoisotopic (exact) mass is 493 g/mol. The van der Waals surface area contributed by atoms with Gasteiger partial charge in [0.1, 0.15) is 0 Å². The maximum atomic E-state index is 11.6. The van der Waals surface area contributed by atoms with Crippen molar-refractivity contribution in [3.8, 4) is 0 Å². The maximum Gasteiger partial charge on any atom is 0.213 e. The van der Waals surface area contributed by atoms with Crippen molar-refractivity contribution in [2.45, 2.75) is 19.8 Å². The van der Waals surface area contributed by atoms with E-state index in [1.807, 2.05) is 0 Å². The van der Waals surface area contributed by atoms with Crippen molar-refractivity contribution in [3.63, 3.8) is 0 Å². The Morgan fingerprint density at radius 1 is 1.08 bits per heavy atom. The van der Waals surface area contributed by atoms with Gasteiger partial charge in [0.05, 0.1) is 5.75 Å². The lowest BCUT2D eigenvalue weighted by atomic mass is 10.4. The number of hydrogen-bond acceptors (Lipinski definition) is 5. The van der Waals surface area contributed by atoms with E-state index in [0.717, 1.165) is 45.0 Å². The number of ether oxygens (including phenoxy) is 1. The molecule has 0 amide bonds. The van der Waals surface area contributed by atoms with Gasteiger partial charge < -0.3 is 20.3 Å². The van der Waals surface area contributed by atoms with Crippen LogP contribution in [0.15, 0.2) is 4.99 Å². The summed E-state index contributed by atoms with van der Waals surface area (Å²) in [6, 6.07) is 0. The van der Waals surface area contributed by atoms with Gasteiger partial charge in [-0.1, -0.05) is 0 Å². The van der Waals surface area contributed by atoms with Crippen LogP contribution in [-0.2, 0) is 14.8 Å². The second-order valence-corrected chi connectivity index (χ2v) is 8.02. The predicted molar refractivity (Wildman–Crippen MR) is 115 cm³/mol. The third-order valence-electron chi connectivity index (χ3n) is 3.68. The molecule has 0 atom stereocenters. The standard InChI is InChI=1S/C15H35N5O3S.HI/c1-6-24(21,22)20(4)12-7-9-17-15(16-2)18-10-13-19(3)11-8-14-23-5;/h6-14H2,1-5H3,(H2,16,17,18);1H. The fourth-order valence-electron chi connectivity index (χ4n) is 2.04. The van der Waals surface area contributed by atoms with E-state index < -0.39 is 10.0 Å². The molecule has 0 spiro atoms. The zero-order chi connectivity index (χ0) is 18.4. The Kier molecular flexibility index (Phi) is 17.4. The van der Waals surface area contributed by atoms with E-state index in [4.69, 9.17) is 4.74 Å². The number of likely N-dealkylation sites (N-methyl/N-ethyl adjacent to an activating group) is 1. The van der Waals surface area contributed by atoms with E-state index in [2.05, 4.69) is 27.6 Å². The summed E-state index contributed by atoms with van der Waals surface area (Å²) in [7, 11) is 4.05. The molecular weight excluding hydrogens is 457 g/mol. The fourth-order valence-corrected chi connectivity index (χ4v) is 2.89. The van der Waals surface area contributed by atoms with Gasteiger partial charge in [0.25, 0.3) is 0 Å². The molecule has 0 unspecified atom stereocenters. The van der Waals surface area contributed by atoms with E-state index in [1.165, 1.54) is 4.31 Å². The van der Waals surface area contributed by atoms with Gasteiger partial charge in [-0.05, 0) is 26.8 Å². The summed E-state index contributed by atoms with van der Waals surface area (Å²) >= 11 is 0. The van der Waals surface area contributed by atoms with Crippen molar-refractivity contribution in [1.29, 1.82) is 0 Å². The number of aliphatic imine (C=N–C) groups is 1. The third kappa shape index (κ3) is 13.7. The van der Waals surface area contributed by atoms with Crippen molar-refractivity contribution in [2.24, 2.45) is 4.99 Å². The lowest BCUT2D eigenvalue weighted by molar-refractivity contribution is 0.180. The summed E-state index contributed by atoms with van der Waals surface area (Å²) in [5.41, 5.74) is 0. The number of nitrogens with one attached hydrogen (secondary N) is 2. The molecule has 0 aliphatic carbocycles. The number of hydrogen-bond donors (Lipinski definition) is 2. The molecular formula is C15H36IN5O3S. The zero-order valence-electron chi connectivity index (χ0n) is 16.2. The Morgan fingerprint density at radius 2 is 1.72 bits per heavy atom. The first-order valence-corrected chi connectivity index (χ1v) is 10.0. The first-order chi connectivity index (χ1) is 11.4. The van der Waals surface area contributed by atoms with E-state index >= 15 is 0 Å². The molecule has 0 aromatic heterocycles. The van der Waals surface area contributed by atoms with Gasteiger partial charge in [-0.3, -0.25) is 4.99 Å². The van der Waals surface area contributed by atoms with E-state index in [-0.39, 0.29) is 29.7 Å². The minimum Gasteiger partial charge on any atom is -0.385 e. The SMILES string of the molecule is CCS(=O)(=O)N(C)CCCNC(=NC)NCCN(C)CCCOC.I. The van der Waals surface area contributed by atoms with Crippen molar-refractivity contribution < 1.29 is 13.2 Å². The number of guanidine groups is 1. The number of rotatable bonds is 13. The minimum atomic E-state index is -3.09. The Morgan fingerprint density at radius 3 is 2.28 bits per heavy atom. The van der Waals surface area contributed by atoms with Gasteiger partial charge in [0.15, 0.2) is 5.96 Å². The van der Waals surface area contributed by atoms with Crippen LogP contribution < -0.4 is 10.6 Å². The van der Waals surface area contributed by atoms with Crippen LogP contribution in [0, 0.1) is 0 Å². The molecule has 0 radical (unpaired) electrons. The van der Waals surface area contributed by atoms with Crippen molar-refractivity contribution in [2.75, 3.05) is 73.3 Å². The van der Waals surface area contributed by atoms with Gasteiger partial charge in [0.2, 0.25) is 10.0 Å². The first kappa shape index (κ1) is 27.1. The molecule has 0 saturated heterocycles. The molecule has 0 aromatic rings. The Labute approximate surface area is 170 Å². The quantitative estimate of drug-likeness (QED) is 0.167. The summed E-state index contributed by atoms with van der Waals surface area (Å²) in [5.74, 6) is 0.874. The van der Waals surface area contributed by atoms with Crippen LogP contribution in [0.1, 0.15) is 19.8 Å². The molecule has 8 nitrogen and oxygen atoms in total. The van der Waals surface area contributed by atoms with Gasteiger partial charge in [-0.15, -0.1) is 24.0 Å². The minimum absolute atomic E-state index is 0. The summed E-state index contributed by atoms with van der Waals surface area (Å²) in [6.45, 7) is 6.33. The normalized spacial score (nSPS) is 12.4. The van der Waals surface area contributed by atoms with Crippen LogP contribution in [0.3, 0.4) is 0 Å². The van der Waals surface area contributed by atoms with Gasteiger partial charge in [-0.2, -0.15) is 0 Å². The molecule has 25 heavy (non-hydrogen) atoms. The van der Waals surface area contributed by atoms with Crippen LogP contribution in [0.25, 0.3) is 0 Å². The molecule has 0 bridgehead atoms. The van der Waals surface area contributed by atoms with Crippen LogP contribution in [0.5, 0.6) is 0 Å². The molecule has 0 aliphatic heterocycles. The first-order valence-electron chi connectivity index (χ1n) is 8.43. The fraction of sp³-hybridized carbons (Fsp3) is 0.933. The summed E-state index contributed by atoms with van der Waals surface area (Å²) in [6.07, 6.45) is 1.75. The number of sulfonamides is 1. The second-order valence-electron chi connectivity index (χ2n) is 5.65. The smallest absolute Gasteiger partial charge is 0.213 e. The third-order valence-corrected chi connectivity index (χ3v) is 5.54. The lowest BCUT2D eigenvalue weighted by Crippen LogP contribution is -2.42. The molecule has 152 valence electrons. The van der Waals surface area contributed by atoms with Gasteiger partial charge in [0, 0.05) is 60.5 Å². The molecule has 0 fully saturated rings. The molecule has 0 saturated carbocycles.